The number of rotatable bonds is 6. The molecule has 2 N–H and O–H groups in total. The van der Waals surface area contributed by atoms with E-state index in [0.717, 1.165) is 30.4 Å². The molecule has 0 aromatic carbocycles. The molecule has 0 spiro atoms. The molecule has 0 unspecified atom stereocenters. The minimum Gasteiger partial charge on any atom is -0.337 e. The molecule has 3 rings (SSSR count). The fourth-order valence-electron chi connectivity index (χ4n) is 3.72. The van der Waals surface area contributed by atoms with E-state index in [-0.39, 0.29) is 11.9 Å². The number of thiazole rings is 1. The Bertz CT molecular complexity index is 487. The highest BCUT2D eigenvalue weighted by atomic mass is 32.1. The summed E-state index contributed by atoms with van der Waals surface area (Å²) in [7, 11) is 0. The maximum absolute atomic E-state index is 12.1. The fraction of sp³-hybridized carbons (Fsp3) is 0.765. The number of amides is 2. The van der Waals surface area contributed by atoms with Crippen LogP contribution in [-0.4, -0.2) is 48.1 Å². The first kappa shape index (κ1) is 16.7. The van der Waals surface area contributed by atoms with Gasteiger partial charge in [-0.15, -0.1) is 11.3 Å². The van der Waals surface area contributed by atoms with Gasteiger partial charge >= 0.3 is 6.03 Å². The Morgan fingerprint density at radius 3 is 3.00 bits per heavy atom. The lowest BCUT2D eigenvalue weighted by molar-refractivity contribution is 0.234. The van der Waals surface area contributed by atoms with Gasteiger partial charge in [0, 0.05) is 49.7 Å². The summed E-state index contributed by atoms with van der Waals surface area (Å²) < 4.78 is 0. The third kappa shape index (κ3) is 4.91. The third-order valence-corrected chi connectivity index (χ3v) is 6.05. The lowest BCUT2D eigenvalue weighted by Crippen LogP contribution is -2.44. The van der Waals surface area contributed by atoms with Crippen LogP contribution in [-0.2, 0) is 0 Å². The molecule has 23 heavy (non-hydrogen) atoms. The number of hydrogen-bond donors (Lipinski definition) is 2. The van der Waals surface area contributed by atoms with Gasteiger partial charge in [0.25, 0.3) is 0 Å². The van der Waals surface area contributed by atoms with Crippen LogP contribution in [0.3, 0.4) is 0 Å². The number of urea groups is 1. The number of carbonyl (C=O) groups excluding carboxylic acids is 1. The van der Waals surface area contributed by atoms with Gasteiger partial charge in [-0.05, 0) is 25.2 Å². The van der Waals surface area contributed by atoms with Crippen molar-refractivity contribution >= 4 is 17.4 Å². The third-order valence-electron chi connectivity index (χ3n) is 5.04. The molecule has 1 aliphatic carbocycles. The minimum absolute atomic E-state index is 0.0406. The molecule has 1 aromatic heterocycles. The van der Waals surface area contributed by atoms with Crippen molar-refractivity contribution < 1.29 is 4.79 Å². The average Bonchev–Trinajstić information content (AvgIpc) is 3.28. The Morgan fingerprint density at radius 1 is 1.43 bits per heavy atom. The normalized spacial score (nSPS) is 24.0. The van der Waals surface area contributed by atoms with Gasteiger partial charge in [-0.25, -0.2) is 9.78 Å². The lowest BCUT2D eigenvalue weighted by atomic mass is 10.1. The molecule has 1 aromatic rings. The largest absolute Gasteiger partial charge is 0.337 e. The van der Waals surface area contributed by atoms with Crippen molar-refractivity contribution in [3.63, 3.8) is 0 Å². The number of aromatic nitrogens is 1. The SMILES string of the molecule is C[C@@H](CNC(=O)N[C@H]1CCN(CC2CCCC2)C1)c1nccs1. The first-order chi connectivity index (χ1) is 11.2. The molecule has 2 atom stereocenters. The maximum Gasteiger partial charge on any atom is 0.315 e. The number of carbonyl (C=O) groups is 1. The molecule has 2 aliphatic rings. The van der Waals surface area contributed by atoms with E-state index in [2.05, 4.69) is 27.4 Å². The van der Waals surface area contributed by atoms with E-state index >= 15 is 0 Å². The quantitative estimate of drug-likeness (QED) is 0.840. The highest BCUT2D eigenvalue weighted by Gasteiger charge is 2.26. The van der Waals surface area contributed by atoms with E-state index in [9.17, 15) is 4.79 Å². The van der Waals surface area contributed by atoms with Gasteiger partial charge in [0.2, 0.25) is 0 Å². The number of hydrogen-bond acceptors (Lipinski definition) is 4. The zero-order valence-electron chi connectivity index (χ0n) is 14.0. The average molecular weight is 337 g/mol. The van der Waals surface area contributed by atoms with Gasteiger partial charge < -0.3 is 15.5 Å². The number of likely N-dealkylation sites (tertiary alicyclic amines) is 1. The monoisotopic (exact) mass is 336 g/mol. The molecule has 2 fully saturated rings. The lowest BCUT2D eigenvalue weighted by Gasteiger charge is -2.20. The van der Waals surface area contributed by atoms with E-state index in [0.29, 0.717) is 12.6 Å². The summed E-state index contributed by atoms with van der Waals surface area (Å²) in [6.07, 6.45) is 8.48. The standard InChI is InChI=1S/C17H28N4OS/c1-13(16-18-7-9-23-16)10-19-17(22)20-15-6-8-21(12-15)11-14-4-2-3-5-14/h7,9,13-15H,2-6,8,10-12H2,1H3,(H2,19,20,22)/t13-,15-/m0/s1. The van der Waals surface area contributed by atoms with Gasteiger partial charge in [0.05, 0.1) is 5.01 Å². The number of nitrogens with one attached hydrogen (secondary N) is 2. The van der Waals surface area contributed by atoms with E-state index in [1.54, 1.807) is 11.3 Å². The fourth-order valence-corrected chi connectivity index (χ4v) is 4.42. The molecule has 1 saturated carbocycles. The van der Waals surface area contributed by atoms with Gasteiger partial charge in [-0.3, -0.25) is 0 Å². The van der Waals surface area contributed by atoms with Crippen LogP contribution in [0.2, 0.25) is 0 Å². The van der Waals surface area contributed by atoms with E-state index in [1.807, 2.05) is 11.6 Å². The first-order valence-electron chi connectivity index (χ1n) is 8.87. The molecule has 2 amide bonds. The summed E-state index contributed by atoms with van der Waals surface area (Å²) in [6.45, 7) is 6.08. The topological polar surface area (TPSA) is 57.3 Å². The van der Waals surface area contributed by atoms with Crippen LogP contribution in [0.4, 0.5) is 4.79 Å². The highest BCUT2D eigenvalue weighted by molar-refractivity contribution is 7.09. The van der Waals surface area contributed by atoms with Crippen LogP contribution in [0.5, 0.6) is 0 Å². The van der Waals surface area contributed by atoms with Gasteiger partial charge in [0.1, 0.15) is 0 Å². The summed E-state index contributed by atoms with van der Waals surface area (Å²) in [5.41, 5.74) is 0. The predicted molar refractivity (Wildman–Crippen MR) is 93.9 cm³/mol. The minimum atomic E-state index is -0.0406. The van der Waals surface area contributed by atoms with E-state index in [4.69, 9.17) is 0 Å². The van der Waals surface area contributed by atoms with Crippen molar-refractivity contribution in [3.05, 3.63) is 16.6 Å². The molecular weight excluding hydrogens is 308 g/mol. The molecule has 1 aliphatic heterocycles. The zero-order valence-corrected chi connectivity index (χ0v) is 14.8. The van der Waals surface area contributed by atoms with E-state index < -0.39 is 0 Å². The molecule has 2 heterocycles. The Kier molecular flexibility index (Phi) is 5.89. The molecule has 0 radical (unpaired) electrons. The van der Waals surface area contributed by atoms with Crippen molar-refractivity contribution in [2.75, 3.05) is 26.2 Å². The van der Waals surface area contributed by atoms with Crippen molar-refractivity contribution in [3.8, 4) is 0 Å². The smallest absolute Gasteiger partial charge is 0.315 e. The summed E-state index contributed by atoms with van der Waals surface area (Å²) in [4.78, 5) is 18.9. The second-order valence-electron chi connectivity index (χ2n) is 7.02. The van der Waals surface area contributed by atoms with Crippen LogP contribution in [0, 0.1) is 5.92 Å². The second-order valence-corrected chi connectivity index (χ2v) is 7.95. The van der Waals surface area contributed by atoms with Gasteiger partial charge in [-0.2, -0.15) is 0 Å². The molecule has 0 bridgehead atoms. The summed E-state index contributed by atoms with van der Waals surface area (Å²) in [6, 6.07) is 0.257. The molecular formula is C17H28N4OS. The van der Waals surface area contributed by atoms with Crippen molar-refractivity contribution in [2.45, 2.75) is 51.0 Å². The summed E-state index contributed by atoms with van der Waals surface area (Å²) in [5.74, 6) is 1.16. The van der Waals surface area contributed by atoms with E-state index in [1.165, 1.54) is 32.2 Å². The Labute approximate surface area is 142 Å². The van der Waals surface area contributed by atoms with Crippen LogP contribution >= 0.6 is 11.3 Å². The van der Waals surface area contributed by atoms with Crippen molar-refractivity contribution in [1.82, 2.24) is 20.5 Å². The Hall–Kier alpha value is -1.14. The van der Waals surface area contributed by atoms with Crippen molar-refractivity contribution in [1.29, 1.82) is 0 Å². The predicted octanol–water partition coefficient (Wildman–Crippen LogP) is 2.81. The van der Waals surface area contributed by atoms with Crippen LogP contribution in [0.15, 0.2) is 11.6 Å². The van der Waals surface area contributed by atoms with Crippen LogP contribution in [0.1, 0.15) is 50.0 Å². The van der Waals surface area contributed by atoms with Gasteiger partial charge in [-0.1, -0.05) is 19.8 Å². The first-order valence-corrected chi connectivity index (χ1v) is 9.75. The highest BCUT2D eigenvalue weighted by Crippen LogP contribution is 2.26. The number of nitrogens with zero attached hydrogens (tertiary/aromatic N) is 2. The van der Waals surface area contributed by atoms with Crippen molar-refractivity contribution in [2.24, 2.45) is 5.92 Å². The maximum atomic E-state index is 12.1. The Morgan fingerprint density at radius 2 is 2.26 bits per heavy atom. The molecule has 6 heteroatoms. The molecule has 128 valence electrons. The molecule has 5 nitrogen and oxygen atoms in total. The summed E-state index contributed by atoms with van der Waals surface area (Å²) in [5, 5.41) is 9.16. The van der Waals surface area contributed by atoms with Crippen LogP contribution in [0.25, 0.3) is 0 Å². The Balaban J connectivity index is 1.34. The zero-order chi connectivity index (χ0) is 16.1. The second kappa shape index (κ2) is 8.11. The van der Waals surface area contributed by atoms with Crippen LogP contribution < -0.4 is 10.6 Å². The summed E-state index contributed by atoms with van der Waals surface area (Å²) >= 11 is 1.64. The van der Waals surface area contributed by atoms with Gasteiger partial charge in [0.15, 0.2) is 0 Å². The molecule has 1 saturated heterocycles.